The van der Waals surface area contributed by atoms with E-state index in [-0.39, 0.29) is 0 Å². The van der Waals surface area contributed by atoms with Gasteiger partial charge in [0.15, 0.2) is 0 Å². The standard InChI is InChI=1S/C14H13ClN2O/c1-10-4-2-6-12-14(10)17(13(8-15)16-12)9-11-5-3-7-18-11/h2-7H,8-9H2,1H3. The molecule has 0 fully saturated rings. The number of benzene rings is 1. The normalized spacial score (nSPS) is 11.2. The Morgan fingerprint density at radius 3 is 2.89 bits per heavy atom. The molecule has 3 rings (SSSR count). The lowest BCUT2D eigenvalue weighted by molar-refractivity contribution is 0.493. The van der Waals surface area contributed by atoms with Gasteiger partial charge in [-0.15, -0.1) is 11.6 Å². The molecule has 0 aliphatic heterocycles. The van der Waals surface area contributed by atoms with E-state index in [0.717, 1.165) is 22.6 Å². The highest BCUT2D eigenvalue weighted by Crippen LogP contribution is 2.22. The van der Waals surface area contributed by atoms with Crippen LogP contribution in [0, 0.1) is 6.92 Å². The number of halogens is 1. The predicted octanol–water partition coefficient (Wildman–Crippen LogP) is 3.72. The van der Waals surface area contributed by atoms with Crippen molar-refractivity contribution in [1.82, 2.24) is 9.55 Å². The zero-order valence-electron chi connectivity index (χ0n) is 10.1. The van der Waals surface area contributed by atoms with E-state index in [1.54, 1.807) is 6.26 Å². The highest BCUT2D eigenvalue weighted by Gasteiger charge is 2.12. The molecule has 2 heterocycles. The monoisotopic (exact) mass is 260 g/mol. The van der Waals surface area contributed by atoms with Gasteiger partial charge in [0.1, 0.15) is 11.6 Å². The van der Waals surface area contributed by atoms with Gasteiger partial charge in [-0.2, -0.15) is 0 Å². The number of aromatic nitrogens is 2. The molecule has 3 nitrogen and oxygen atoms in total. The fourth-order valence-electron chi connectivity index (χ4n) is 2.24. The van der Waals surface area contributed by atoms with E-state index in [1.807, 2.05) is 24.3 Å². The van der Waals surface area contributed by atoms with Gasteiger partial charge in [0, 0.05) is 0 Å². The SMILES string of the molecule is Cc1cccc2nc(CCl)n(Cc3ccco3)c12. The van der Waals surface area contributed by atoms with E-state index in [9.17, 15) is 0 Å². The van der Waals surface area contributed by atoms with Crippen LogP contribution < -0.4 is 0 Å². The number of fused-ring (bicyclic) bond motifs is 1. The molecule has 4 heteroatoms. The smallest absolute Gasteiger partial charge is 0.125 e. The van der Waals surface area contributed by atoms with Gasteiger partial charge in [0.2, 0.25) is 0 Å². The molecule has 0 N–H and O–H groups in total. The summed E-state index contributed by atoms with van der Waals surface area (Å²) in [7, 11) is 0. The van der Waals surface area contributed by atoms with Gasteiger partial charge in [-0.05, 0) is 30.7 Å². The molecular weight excluding hydrogens is 248 g/mol. The molecule has 0 bridgehead atoms. The molecule has 0 unspecified atom stereocenters. The van der Waals surface area contributed by atoms with Crippen molar-refractivity contribution >= 4 is 22.6 Å². The van der Waals surface area contributed by atoms with E-state index in [4.69, 9.17) is 16.0 Å². The Morgan fingerprint density at radius 1 is 1.28 bits per heavy atom. The van der Waals surface area contributed by atoms with Crippen molar-refractivity contribution in [3.05, 3.63) is 53.7 Å². The van der Waals surface area contributed by atoms with E-state index in [1.165, 1.54) is 5.56 Å². The quantitative estimate of drug-likeness (QED) is 0.672. The Kier molecular flexibility index (Phi) is 2.84. The first-order valence-corrected chi connectivity index (χ1v) is 6.36. The summed E-state index contributed by atoms with van der Waals surface area (Å²) in [6, 6.07) is 9.96. The molecule has 0 spiro atoms. The lowest BCUT2D eigenvalue weighted by atomic mass is 10.2. The van der Waals surface area contributed by atoms with Crippen molar-refractivity contribution in [2.75, 3.05) is 0 Å². The number of hydrogen-bond donors (Lipinski definition) is 0. The molecule has 0 saturated heterocycles. The molecule has 0 aliphatic carbocycles. The highest BCUT2D eigenvalue weighted by molar-refractivity contribution is 6.16. The molecule has 92 valence electrons. The second kappa shape index (κ2) is 4.50. The summed E-state index contributed by atoms with van der Waals surface area (Å²) >= 11 is 5.98. The Labute approximate surface area is 110 Å². The number of nitrogens with zero attached hydrogens (tertiary/aromatic N) is 2. The molecule has 0 amide bonds. The second-order valence-electron chi connectivity index (χ2n) is 4.27. The van der Waals surface area contributed by atoms with Crippen LogP contribution in [0.4, 0.5) is 0 Å². The van der Waals surface area contributed by atoms with E-state index in [2.05, 4.69) is 22.5 Å². The van der Waals surface area contributed by atoms with Gasteiger partial charge in [-0.1, -0.05) is 12.1 Å². The maximum absolute atomic E-state index is 5.98. The number of furan rings is 1. The van der Waals surface area contributed by atoms with Crippen molar-refractivity contribution in [3.8, 4) is 0 Å². The minimum Gasteiger partial charge on any atom is -0.467 e. The third-order valence-electron chi connectivity index (χ3n) is 3.06. The number of aryl methyl sites for hydroxylation is 1. The average molecular weight is 261 g/mol. The van der Waals surface area contributed by atoms with E-state index >= 15 is 0 Å². The van der Waals surface area contributed by atoms with Crippen molar-refractivity contribution < 1.29 is 4.42 Å². The molecule has 2 aromatic heterocycles. The molecule has 0 atom stereocenters. The molecule has 3 aromatic rings. The summed E-state index contributed by atoms with van der Waals surface area (Å²) in [5.41, 5.74) is 3.31. The van der Waals surface area contributed by atoms with Crippen LogP contribution in [0.15, 0.2) is 41.0 Å². The minimum atomic E-state index is 0.398. The second-order valence-corrected chi connectivity index (χ2v) is 4.54. The fourth-order valence-corrected chi connectivity index (χ4v) is 2.45. The fraction of sp³-hybridized carbons (Fsp3) is 0.214. The first kappa shape index (κ1) is 11.4. The number of para-hydroxylation sites is 1. The van der Waals surface area contributed by atoms with Crippen molar-refractivity contribution in [3.63, 3.8) is 0 Å². The van der Waals surface area contributed by atoms with Crippen LogP contribution in [0.3, 0.4) is 0 Å². The van der Waals surface area contributed by atoms with Crippen molar-refractivity contribution in [2.24, 2.45) is 0 Å². The topological polar surface area (TPSA) is 31.0 Å². The maximum Gasteiger partial charge on any atom is 0.125 e. The van der Waals surface area contributed by atoms with Crippen LogP contribution in [0.1, 0.15) is 17.1 Å². The van der Waals surface area contributed by atoms with Gasteiger partial charge in [-0.25, -0.2) is 4.98 Å². The highest BCUT2D eigenvalue weighted by atomic mass is 35.5. The zero-order chi connectivity index (χ0) is 12.5. The summed E-state index contributed by atoms with van der Waals surface area (Å²) in [4.78, 5) is 4.56. The Morgan fingerprint density at radius 2 is 2.17 bits per heavy atom. The van der Waals surface area contributed by atoms with Gasteiger partial charge in [0.05, 0.1) is 29.7 Å². The van der Waals surface area contributed by atoms with Gasteiger partial charge < -0.3 is 8.98 Å². The largest absolute Gasteiger partial charge is 0.467 e. The van der Waals surface area contributed by atoms with Crippen LogP contribution >= 0.6 is 11.6 Å². The van der Waals surface area contributed by atoms with Gasteiger partial charge in [0.25, 0.3) is 0 Å². The predicted molar refractivity (Wildman–Crippen MR) is 71.8 cm³/mol. The average Bonchev–Trinajstić information content (AvgIpc) is 2.98. The van der Waals surface area contributed by atoms with E-state index in [0.29, 0.717) is 12.4 Å². The lowest BCUT2D eigenvalue weighted by Crippen LogP contribution is -2.03. The summed E-state index contributed by atoms with van der Waals surface area (Å²) in [5, 5.41) is 0. The Balaban J connectivity index is 2.19. The molecular formula is C14H13ClN2O. The summed E-state index contributed by atoms with van der Waals surface area (Å²) in [6.45, 7) is 2.75. The van der Waals surface area contributed by atoms with Crippen LogP contribution in [0.2, 0.25) is 0 Å². The number of imidazole rings is 1. The summed E-state index contributed by atoms with van der Waals surface area (Å²) < 4.78 is 7.52. The lowest BCUT2D eigenvalue weighted by Gasteiger charge is -2.07. The van der Waals surface area contributed by atoms with Crippen LogP contribution in [-0.4, -0.2) is 9.55 Å². The van der Waals surface area contributed by atoms with Crippen molar-refractivity contribution in [1.29, 1.82) is 0 Å². The zero-order valence-corrected chi connectivity index (χ0v) is 10.8. The van der Waals surface area contributed by atoms with E-state index < -0.39 is 0 Å². The summed E-state index contributed by atoms with van der Waals surface area (Å²) in [6.07, 6.45) is 1.68. The van der Waals surface area contributed by atoms with Gasteiger partial charge in [-0.3, -0.25) is 0 Å². The number of alkyl halides is 1. The molecule has 18 heavy (non-hydrogen) atoms. The van der Waals surface area contributed by atoms with Gasteiger partial charge >= 0.3 is 0 Å². The van der Waals surface area contributed by atoms with Crippen LogP contribution in [0.25, 0.3) is 11.0 Å². The molecule has 0 radical (unpaired) electrons. The number of hydrogen-bond acceptors (Lipinski definition) is 2. The third-order valence-corrected chi connectivity index (χ3v) is 3.30. The first-order chi connectivity index (χ1) is 8.79. The Bertz CT molecular complexity index is 670. The summed E-state index contributed by atoms with van der Waals surface area (Å²) in [5.74, 6) is 2.18. The third kappa shape index (κ3) is 1.81. The first-order valence-electron chi connectivity index (χ1n) is 5.82. The van der Waals surface area contributed by atoms with Crippen LogP contribution in [0.5, 0.6) is 0 Å². The molecule has 1 aromatic carbocycles. The van der Waals surface area contributed by atoms with Crippen LogP contribution in [-0.2, 0) is 12.4 Å². The van der Waals surface area contributed by atoms with Crippen molar-refractivity contribution in [2.45, 2.75) is 19.3 Å². The molecule has 0 saturated carbocycles. The Hall–Kier alpha value is -1.74. The number of rotatable bonds is 3. The minimum absolute atomic E-state index is 0.398. The maximum atomic E-state index is 5.98. The molecule has 0 aliphatic rings.